The minimum atomic E-state index is -0.132. The lowest BCUT2D eigenvalue weighted by molar-refractivity contribution is 0.546. The molecule has 0 unspecified atom stereocenters. The fraction of sp³-hybridized carbons (Fsp3) is 0.385. The van der Waals surface area contributed by atoms with Crippen molar-refractivity contribution in [3.8, 4) is 0 Å². The third-order valence-corrected chi connectivity index (χ3v) is 4.59. The number of hydrogen-bond acceptors (Lipinski definition) is 6. The van der Waals surface area contributed by atoms with Crippen LogP contribution >= 0.6 is 27.3 Å². The molecular formula is C13H18BrN5S. The molecule has 0 aliphatic carbocycles. The van der Waals surface area contributed by atoms with Gasteiger partial charge < -0.3 is 10.7 Å². The van der Waals surface area contributed by atoms with Crippen molar-refractivity contribution >= 4 is 38.9 Å². The van der Waals surface area contributed by atoms with E-state index in [-0.39, 0.29) is 5.41 Å². The topological polar surface area (TPSA) is 75.9 Å². The minimum absolute atomic E-state index is 0.132. The second-order valence-electron chi connectivity index (χ2n) is 5.40. The van der Waals surface area contributed by atoms with Crippen molar-refractivity contribution in [2.24, 2.45) is 5.84 Å². The third kappa shape index (κ3) is 3.68. The first-order valence-electron chi connectivity index (χ1n) is 6.22. The highest BCUT2D eigenvalue weighted by molar-refractivity contribution is 9.10. The van der Waals surface area contributed by atoms with E-state index < -0.39 is 0 Å². The van der Waals surface area contributed by atoms with Gasteiger partial charge in [-0.25, -0.2) is 15.8 Å². The van der Waals surface area contributed by atoms with Crippen LogP contribution in [0.25, 0.3) is 0 Å². The Kier molecular flexibility index (Phi) is 4.62. The Labute approximate surface area is 131 Å². The number of nitrogens with one attached hydrogen (secondary N) is 2. The van der Waals surface area contributed by atoms with Crippen molar-refractivity contribution in [1.29, 1.82) is 0 Å². The predicted octanol–water partition coefficient (Wildman–Crippen LogP) is 3.50. The van der Waals surface area contributed by atoms with Crippen molar-refractivity contribution in [3.05, 3.63) is 32.7 Å². The molecule has 0 saturated heterocycles. The molecule has 2 heterocycles. The van der Waals surface area contributed by atoms with E-state index in [1.807, 2.05) is 6.07 Å². The van der Waals surface area contributed by atoms with Crippen LogP contribution < -0.4 is 16.6 Å². The Balaban J connectivity index is 2.21. The van der Waals surface area contributed by atoms with E-state index in [2.05, 4.69) is 62.8 Å². The fourth-order valence-corrected chi connectivity index (χ4v) is 3.00. The number of nitrogens with zero attached hydrogens (tertiary/aromatic N) is 2. The Morgan fingerprint density at radius 3 is 2.55 bits per heavy atom. The molecule has 0 aliphatic rings. The van der Waals surface area contributed by atoms with Crippen molar-refractivity contribution in [3.63, 3.8) is 0 Å². The van der Waals surface area contributed by atoms with Crippen LogP contribution in [0.5, 0.6) is 0 Å². The van der Waals surface area contributed by atoms with Crippen LogP contribution in [0.1, 0.15) is 31.5 Å². The summed E-state index contributed by atoms with van der Waals surface area (Å²) in [7, 11) is 0. The highest BCUT2D eigenvalue weighted by atomic mass is 79.9. The monoisotopic (exact) mass is 355 g/mol. The molecule has 0 spiro atoms. The lowest BCUT2D eigenvalue weighted by Crippen LogP contribution is -2.20. The van der Waals surface area contributed by atoms with Crippen molar-refractivity contribution < 1.29 is 0 Å². The van der Waals surface area contributed by atoms with E-state index in [4.69, 9.17) is 5.84 Å². The van der Waals surface area contributed by atoms with Gasteiger partial charge in [0.15, 0.2) is 0 Å². The van der Waals surface area contributed by atoms with Gasteiger partial charge in [0.25, 0.3) is 0 Å². The number of rotatable bonds is 4. The summed E-state index contributed by atoms with van der Waals surface area (Å²) >= 11 is 5.21. The molecule has 0 aromatic carbocycles. The summed E-state index contributed by atoms with van der Waals surface area (Å²) in [5.41, 5.74) is 2.45. The van der Waals surface area contributed by atoms with Gasteiger partial charge in [-0.3, -0.25) is 0 Å². The molecule has 0 radical (unpaired) electrons. The second kappa shape index (κ2) is 6.07. The zero-order valence-corrected chi connectivity index (χ0v) is 14.1. The van der Waals surface area contributed by atoms with E-state index in [9.17, 15) is 0 Å². The first-order valence-corrected chi connectivity index (χ1v) is 7.89. The summed E-state index contributed by atoms with van der Waals surface area (Å²) < 4.78 is 1.11. The maximum absolute atomic E-state index is 5.47. The molecule has 0 fully saturated rings. The number of anilines is 2. The summed E-state index contributed by atoms with van der Waals surface area (Å²) in [5, 5.41) is 5.36. The molecule has 0 saturated carbocycles. The molecule has 0 amide bonds. The zero-order chi connectivity index (χ0) is 14.8. The van der Waals surface area contributed by atoms with Crippen LogP contribution in [0, 0.1) is 0 Å². The van der Waals surface area contributed by atoms with E-state index in [0.717, 1.165) is 16.1 Å². The molecule has 0 aliphatic heterocycles. The number of halogens is 1. The SMILES string of the molecule is CC(C)(C)c1nc(NN)cc(NCc2sccc2Br)n1. The predicted molar refractivity (Wildman–Crippen MR) is 87.9 cm³/mol. The lowest BCUT2D eigenvalue weighted by Gasteiger charge is -2.18. The molecule has 20 heavy (non-hydrogen) atoms. The van der Waals surface area contributed by atoms with Gasteiger partial charge in [0.1, 0.15) is 17.5 Å². The van der Waals surface area contributed by atoms with E-state index >= 15 is 0 Å². The average molecular weight is 356 g/mol. The number of nitrogens with two attached hydrogens (primary N) is 1. The Bertz CT molecular complexity index is 591. The molecular weight excluding hydrogens is 338 g/mol. The Morgan fingerprint density at radius 1 is 1.30 bits per heavy atom. The van der Waals surface area contributed by atoms with Gasteiger partial charge in [0, 0.05) is 20.8 Å². The van der Waals surface area contributed by atoms with E-state index in [0.29, 0.717) is 12.4 Å². The van der Waals surface area contributed by atoms with Crippen molar-refractivity contribution in [2.75, 3.05) is 10.7 Å². The average Bonchev–Trinajstić information content (AvgIpc) is 2.80. The molecule has 2 aromatic rings. The van der Waals surface area contributed by atoms with E-state index in [1.165, 1.54) is 4.88 Å². The largest absolute Gasteiger partial charge is 0.365 e. The second-order valence-corrected chi connectivity index (χ2v) is 7.26. The summed E-state index contributed by atoms with van der Waals surface area (Å²) in [4.78, 5) is 10.2. The summed E-state index contributed by atoms with van der Waals surface area (Å²) in [6.45, 7) is 6.93. The Hall–Kier alpha value is -1.18. The number of hydrazine groups is 1. The maximum Gasteiger partial charge on any atom is 0.145 e. The maximum atomic E-state index is 5.47. The molecule has 5 nitrogen and oxygen atoms in total. The van der Waals surface area contributed by atoms with Gasteiger partial charge in [-0.05, 0) is 27.4 Å². The molecule has 7 heteroatoms. The summed E-state index contributed by atoms with van der Waals surface area (Å²) in [6, 6.07) is 3.84. The summed E-state index contributed by atoms with van der Waals surface area (Å²) in [5.74, 6) is 7.59. The normalized spacial score (nSPS) is 11.4. The van der Waals surface area contributed by atoms with Gasteiger partial charge in [-0.15, -0.1) is 11.3 Å². The van der Waals surface area contributed by atoms with Crippen LogP contribution in [0.4, 0.5) is 11.6 Å². The fourth-order valence-electron chi connectivity index (χ4n) is 1.57. The highest BCUT2D eigenvalue weighted by Gasteiger charge is 2.19. The number of hydrogen-bond donors (Lipinski definition) is 3. The smallest absolute Gasteiger partial charge is 0.145 e. The van der Waals surface area contributed by atoms with Gasteiger partial charge >= 0.3 is 0 Å². The van der Waals surface area contributed by atoms with Crippen molar-refractivity contribution in [1.82, 2.24) is 9.97 Å². The third-order valence-electron chi connectivity index (χ3n) is 2.67. The van der Waals surface area contributed by atoms with Crippen LogP contribution in [-0.4, -0.2) is 9.97 Å². The zero-order valence-electron chi connectivity index (χ0n) is 11.7. The molecule has 108 valence electrons. The van der Waals surface area contributed by atoms with Crippen LogP contribution in [-0.2, 0) is 12.0 Å². The standard InChI is InChI=1S/C13H18BrN5S/c1-13(2,3)12-17-10(6-11(18-12)19-15)16-7-9-8(14)4-5-20-9/h4-6H,7,15H2,1-3H3,(H2,16,17,18,19). The van der Waals surface area contributed by atoms with Gasteiger partial charge in [0.2, 0.25) is 0 Å². The van der Waals surface area contributed by atoms with Crippen molar-refractivity contribution in [2.45, 2.75) is 32.7 Å². The first-order chi connectivity index (χ1) is 9.40. The Morgan fingerprint density at radius 2 is 2.00 bits per heavy atom. The first kappa shape index (κ1) is 15.2. The minimum Gasteiger partial charge on any atom is -0.365 e. The van der Waals surface area contributed by atoms with Gasteiger partial charge in [-0.1, -0.05) is 20.8 Å². The molecule has 4 N–H and O–H groups in total. The van der Waals surface area contributed by atoms with Crippen LogP contribution in [0.2, 0.25) is 0 Å². The van der Waals surface area contributed by atoms with E-state index in [1.54, 1.807) is 17.4 Å². The highest BCUT2D eigenvalue weighted by Crippen LogP contribution is 2.25. The lowest BCUT2D eigenvalue weighted by atomic mass is 9.96. The molecule has 0 bridgehead atoms. The van der Waals surface area contributed by atoms with Gasteiger partial charge in [0.05, 0.1) is 6.54 Å². The number of thiophene rings is 1. The number of nitrogen functional groups attached to an aromatic ring is 1. The number of aromatic nitrogens is 2. The molecule has 0 atom stereocenters. The van der Waals surface area contributed by atoms with Crippen LogP contribution in [0.15, 0.2) is 22.0 Å². The quantitative estimate of drug-likeness (QED) is 0.578. The summed E-state index contributed by atoms with van der Waals surface area (Å²) in [6.07, 6.45) is 0. The van der Waals surface area contributed by atoms with Gasteiger partial charge in [-0.2, -0.15) is 0 Å². The molecule has 2 rings (SSSR count). The van der Waals surface area contributed by atoms with Crippen LogP contribution in [0.3, 0.4) is 0 Å². The molecule has 2 aromatic heterocycles.